The zero-order chi connectivity index (χ0) is 29.5. The molecule has 3 nitrogen and oxygen atoms in total. The minimum atomic E-state index is 0. The van der Waals surface area contributed by atoms with E-state index in [4.69, 9.17) is 9.40 Å². The average Bonchev–Trinajstić information content (AvgIpc) is 3.48. The number of pyridine rings is 2. The molecule has 45 heavy (non-hydrogen) atoms. The van der Waals surface area contributed by atoms with Crippen LogP contribution in [0.3, 0.4) is 0 Å². The molecule has 217 valence electrons. The number of aromatic nitrogens is 2. The van der Waals surface area contributed by atoms with Gasteiger partial charge in [-0.25, -0.2) is 0 Å². The predicted octanol–water partition coefficient (Wildman–Crippen LogP) is 10.8. The SMILES string of the molecule is Cc1cc(-c2nccc3c2ccc2c4ccccc4ccc32)[c-]c2oc3ccccc3c12.[Ir].[c-]1ccccc1-c1ccccn1. The van der Waals surface area contributed by atoms with Gasteiger partial charge >= 0.3 is 0 Å². The van der Waals surface area contributed by atoms with Crippen molar-refractivity contribution in [1.29, 1.82) is 0 Å². The summed E-state index contributed by atoms with van der Waals surface area (Å²) in [6.07, 6.45) is 3.69. The minimum absolute atomic E-state index is 0. The van der Waals surface area contributed by atoms with Gasteiger partial charge in [-0.05, 0) is 67.3 Å². The third-order valence-electron chi connectivity index (χ3n) is 8.17. The van der Waals surface area contributed by atoms with Crippen molar-refractivity contribution in [3.05, 3.63) is 157 Å². The molecule has 0 bridgehead atoms. The summed E-state index contributed by atoms with van der Waals surface area (Å²) >= 11 is 0. The summed E-state index contributed by atoms with van der Waals surface area (Å²) in [6, 6.07) is 50.2. The first kappa shape index (κ1) is 28.6. The van der Waals surface area contributed by atoms with Crippen LogP contribution in [-0.2, 0) is 20.1 Å². The Balaban J connectivity index is 0.000000211. The van der Waals surface area contributed by atoms with Crippen molar-refractivity contribution in [3.63, 3.8) is 0 Å². The molecule has 3 heterocycles. The fraction of sp³-hybridized carbons (Fsp3) is 0.0244. The van der Waals surface area contributed by atoms with Crippen LogP contribution in [0.15, 0.2) is 144 Å². The van der Waals surface area contributed by atoms with Crippen LogP contribution >= 0.6 is 0 Å². The van der Waals surface area contributed by atoms with Gasteiger partial charge in [0, 0.05) is 32.5 Å². The third-order valence-corrected chi connectivity index (χ3v) is 8.17. The number of benzene rings is 6. The van der Waals surface area contributed by atoms with Gasteiger partial charge in [0.1, 0.15) is 5.58 Å². The van der Waals surface area contributed by atoms with E-state index in [-0.39, 0.29) is 20.1 Å². The van der Waals surface area contributed by atoms with E-state index < -0.39 is 0 Å². The molecule has 0 saturated heterocycles. The minimum Gasteiger partial charge on any atom is -0.477 e. The Morgan fingerprint density at radius 2 is 1.31 bits per heavy atom. The standard InChI is InChI=1S/C30H18NO.C11H8N.Ir/c1-18-16-20(17-28-29(18)26-8-4-5-9-27(26)32-28)30-25-13-12-22-21-7-3-2-6-19(21)10-11-23(22)24(25)14-15-31-30;1-2-6-10(7-3-1)11-8-4-5-9-12-11;/h2-16H,1H3;1-6,8-9H;/q2*-1;. The second-order valence-electron chi connectivity index (χ2n) is 10.9. The summed E-state index contributed by atoms with van der Waals surface area (Å²) in [5.74, 6) is 0. The quantitative estimate of drug-likeness (QED) is 0.130. The van der Waals surface area contributed by atoms with E-state index in [2.05, 4.69) is 90.8 Å². The van der Waals surface area contributed by atoms with Crippen molar-refractivity contribution in [2.75, 3.05) is 0 Å². The molecule has 0 unspecified atom stereocenters. The molecule has 0 aliphatic heterocycles. The zero-order valence-electron chi connectivity index (χ0n) is 24.4. The second kappa shape index (κ2) is 12.1. The number of nitrogens with zero attached hydrogens (tertiary/aromatic N) is 2. The Morgan fingerprint density at radius 1 is 0.578 bits per heavy atom. The first-order valence-electron chi connectivity index (χ1n) is 14.7. The summed E-state index contributed by atoms with van der Waals surface area (Å²) in [5.41, 5.74) is 6.75. The van der Waals surface area contributed by atoms with Crippen molar-refractivity contribution < 1.29 is 24.5 Å². The Hall–Kier alpha value is -5.15. The number of fused-ring (bicyclic) bond motifs is 8. The van der Waals surface area contributed by atoms with Gasteiger partial charge in [-0.3, -0.25) is 0 Å². The summed E-state index contributed by atoms with van der Waals surface area (Å²) in [4.78, 5) is 8.99. The largest absolute Gasteiger partial charge is 0.477 e. The molecule has 0 spiro atoms. The van der Waals surface area contributed by atoms with E-state index in [9.17, 15) is 0 Å². The van der Waals surface area contributed by atoms with E-state index in [1.54, 1.807) is 6.20 Å². The molecule has 0 saturated carbocycles. The summed E-state index contributed by atoms with van der Waals surface area (Å²) in [6.45, 7) is 2.13. The van der Waals surface area contributed by atoms with Crippen LogP contribution in [0.1, 0.15) is 5.56 Å². The first-order chi connectivity index (χ1) is 21.7. The van der Waals surface area contributed by atoms with Crippen molar-refractivity contribution in [1.82, 2.24) is 9.97 Å². The van der Waals surface area contributed by atoms with Crippen molar-refractivity contribution in [2.24, 2.45) is 0 Å². The molecule has 0 fully saturated rings. The third kappa shape index (κ3) is 5.19. The van der Waals surface area contributed by atoms with Gasteiger partial charge in [-0.1, -0.05) is 97.2 Å². The second-order valence-corrected chi connectivity index (χ2v) is 10.9. The molecule has 0 N–H and O–H groups in total. The van der Waals surface area contributed by atoms with Crippen LogP contribution in [-0.4, -0.2) is 9.97 Å². The number of hydrogen-bond acceptors (Lipinski definition) is 3. The molecular weight excluding hydrogens is 729 g/mol. The summed E-state index contributed by atoms with van der Waals surface area (Å²) < 4.78 is 6.14. The molecule has 4 heteroatoms. The number of para-hydroxylation sites is 1. The van der Waals surface area contributed by atoms with Crippen LogP contribution in [0.4, 0.5) is 0 Å². The molecule has 9 aromatic rings. The van der Waals surface area contributed by atoms with Crippen LogP contribution in [0.2, 0.25) is 0 Å². The van der Waals surface area contributed by atoms with Gasteiger partial charge < -0.3 is 14.4 Å². The van der Waals surface area contributed by atoms with Gasteiger partial charge in [-0.15, -0.1) is 53.1 Å². The fourth-order valence-corrected chi connectivity index (χ4v) is 6.14. The van der Waals surface area contributed by atoms with E-state index in [1.807, 2.05) is 66.9 Å². The molecule has 0 amide bonds. The topological polar surface area (TPSA) is 38.9 Å². The maximum Gasteiger partial charge on any atom is 0.123 e. The van der Waals surface area contributed by atoms with E-state index in [0.29, 0.717) is 0 Å². The van der Waals surface area contributed by atoms with Crippen molar-refractivity contribution in [2.45, 2.75) is 6.92 Å². The Kier molecular flexibility index (Phi) is 7.69. The summed E-state index contributed by atoms with van der Waals surface area (Å²) in [7, 11) is 0. The van der Waals surface area contributed by atoms with Gasteiger partial charge in [-0.2, -0.15) is 0 Å². The molecule has 0 aliphatic rings. The van der Waals surface area contributed by atoms with E-state index in [1.165, 1.54) is 32.5 Å². The Morgan fingerprint density at radius 3 is 2.16 bits per heavy atom. The van der Waals surface area contributed by atoms with Crippen LogP contribution < -0.4 is 0 Å². The van der Waals surface area contributed by atoms with E-state index in [0.717, 1.165) is 49.8 Å². The smallest absolute Gasteiger partial charge is 0.123 e. The van der Waals surface area contributed by atoms with Crippen LogP contribution in [0, 0.1) is 19.1 Å². The molecule has 0 atom stereocenters. The number of furan rings is 1. The zero-order valence-corrected chi connectivity index (χ0v) is 26.8. The monoisotopic (exact) mass is 755 g/mol. The van der Waals surface area contributed by atoms with Crippen LogP contribution in [0.5, 0.6) is 0 Å². The fourth-order valence-electron chi connectivity index (χ4n) is 6.14. The van der Waals surface area contributed by atoms with Gasteiger partial charge in [0.15, 0.2) is 0 Å². The molecule has 0 aliphatic carbocycles. The maximum absolute atomic E-state index is 6.14. The molecular formula is C41H26IrN2O-2. The molecule has 9 rings (SSSR count). The van der Waals surface area contributed by atoms with Gasteiger partial charge in [0.05, 0.1) is 5.58 Å². The average molecular weight is 755 g/mol. The summed E-state index contributed by atoms with van der Waals surface area (Å²) in [5, 5.41) is 9.62. The van der Waals surface area contributed by atoms with Crippen molar-refractivity contribution in [3.8, 4) is 22.5 Å². The van der Waals surface area contributed by atoms with Gasteiger partial charge in [0.2, 0.25) is 0 Å². The number of hydrogen-bond donors (Lipinski definition) is 0. The van der Waals surface area contributed by atoms with Crippen LogP contribution in [0.25, 0.3) is 76.8 Å². The van der Waals surface area contributed by atoms with Crippen molar-refractivity contribution >= 4 is 54.3 Å². The first-order valence-corrected chi connectivity index (χ1v) is 14.7. The Bertz CT molecular complexity index is 2410. The Labute approximate surface area is 274 Å². The normalized spacial score (nSPS) is 11.0. The van der Waals surface area contributed by atoms with E-state index >= 15 is 0 Å². The predicted molar refractivity (Wildman–Crippen MR) is 182 cm³/mol. The number of rotatable bonds is 2. The molecule has 1 radical (unpaired) electrons. The van der Waals surface area contributed by atoms with Gasteiger partial charge in [0.25, 0.3) is 0 Å². The molecule has 3 aromatic heterocycles. The maximum atomic E-state index is 6.14. The number of aryl methyl sites for hydroxylation is 1. The molecule has 6 aromatic carbocycles.